The Labute approximate surface area is 174 Å². The van der Waals surface area contributed by atoms with Crippen molar-refractivity contribution in [3.8, 4) is 0 Å². The van der Waals surface area contributed by atoms with Crippen molar-refractivity contribution in [2.45, 2.75) is 59.0 Å². The lowest BCUT2D eigenvalue weighted by atomic mass is 10.0. The largest absolute Gasteiger partial charge is 0.461 e. The fraction of sp³-hybridized carbons (Fsp3) is 0.455. The summed E-state index contributed by atoms with van der Waals surface area (Å²) in [5, 5.41) is 2.81. The molecule has 0 aliphatic rings. The average molecular weight is 409 g/mol. The molecule has 0 aliphatic carbocycles. The monoisotopic (exact) mass is 408 g/mol. The zero-order valence-corrected chi connectivity index (χ0v) is 18.1. The summed E-state index contributed by atoms with van der Waals surface area (Å²) in [6, 6.07) is 8.25. The molecule has 0 saturated heterocycles. The van der Waals surface area contributed by atoms with Gasteiger partial charge in [-0.2, -0.15) is 0 Å². The Hall–Kier alpha value is -2.11. The summed E-state index contributed by atoms with van der Waals surface area (Å²) in [5.41, 5.74) is 8.96. The number of carbonyl (C=O) groups is 2. The molecule has 0 radical (unpaired) electrons. The molecule has 156 valence electrons. The number of ether oxygens (including phenoxy) is 1. The number of hydrogen-bond acceptors (Lipinski definition) is 4. The van der Waals surface area contributed by atoms with Crippen LogP contribution in [0.1, 0.15) is 58.6 Å². The summed E-state index contributed by atoms with van der Waals surface area (Å²) in [6.45, 7) is 8.03. The van der Waals surface area contributed by atoms with Crippen LogP contribution in [0.5, 0.6) is 0 Å². The first kappa shape index (κ1) is 25.9. The topological polar surface area (TPSA) is 81.4 Å². The highest BCUT2D eigenvalue weighted by Gasteiger charge is 2.20. The maximum absolute atomic E-state index is 12.2. The van der Waals surface area contributed by atoms with E-state index in [0.717, 1.165) is 18.4 Å². The van der Waals surface area contributed by atoms with Crippen LogP contribution in [0.15, 0.2) is 53.6 Å². The van der Waals surface area contributed by atoms with Gasteiger partial charge in [0.1, 0.15) is 6.61 Å². The molecular formula is C22H33ClN2O3. The summed E-state index contributed by atoms with van der Waals surface area (Å²) in [4.78, 5) is 24.2. The van der Waals surface area contributed by atoms with Crippen LogP contribution in [0.3, 0.4) is 0 Å². The smallest absolute Gasteiger partial charge is 0.308 e. The molecule has 28 heavy (non-hydrogen) atoms. The highest BCUT2D eigenvalue weighted by Crippen LogP contribution is 2.17. The van der Waals surface area contributed by atoms with Crippen molar-refractivity contribution in [1.29, 1.82) is 0 Å². The molecule has 0 bridgehead atoms. The van der Waals surface area contributed by atoms with Crippen LogP contribution in [-0.4, -0.2) is 24.5 Å². The molecule has 0 saturated carbocycles. The normalized spacial score (nSPS) is 13.0. The van der Waals surface area contributed by atoms with Crippen molar-refractivity contribution >= 4 is 24.3 Å². The van der Waals surface area contributed by atoms with Crippen LogP contribution < -0.4 is 11.1 Å². The number of allylic oxidation sites excluding steroid dienone is 3. The van der Waals surface area contributed by atoms with Crippen molar-refractivity contribution in [1.82, 2.24) is 5.32 Å². The zero-order chi connectivity index (χ0) is 20.2. The number of benzene rings is 1. The average Bonchev–Trinajstić information content (AvgIpc) is 2.61. The summed E-state index contributed by atoms with van der Waals surface area (Å²) >= 11 is 0. The van der Waals surface area contributed by atoms with Gasteiger partial charge >= 0.3 is 5.97 Å². The SMILES string of the molecule is CC(C)=CCC/C(C)=C/COC(=O)C[C@@H](NC(=O)[C@H](C)N)c1ccccc1.Cl. The number of nitrogens with one attached hydrogen (secondary N) is 1. The molecule has 0 spiro atoms. The highest BCUT2D eigenvalue weighted by atomic mass is 35.5. The Morgan fingerprint density at radius 3 is 2.36 bits per heavy atom. The van der Waals surface area contributed by atoms with Gasteiger partial charge in [-0.25, -0.2) is 0 Å². The summed E-state index contributed by atoms with van der Waals surface area (Å²) in [6.07, 6.45) is 6.11. The zero-order valence-electron chi connectivity index (χ0n) is 17.2. The fourth-order valence-electron chi connectivity index (χ4n) is 2.43. The van der Waals surface area contributed by atoms with Crippen LogP contribution >= 0.6 is 12.4 Å². The van der Waals surface area contributed by atoms with E-state index in [-0.39, 0.29) is 37.3 Å². The van der Waals surface area contributed by atoms with Gasteiger partial charge in [0.15, 0.2) is 0 Å². The molecule has 1 aromatic carbocycles. The number of halogens is 1. The van der Waals surface area contributed by atoms with Crippen LogP contribution in [0.4, 0.5) is 0 Å². The molecule has 1 aromatic rings. The number of hydrogen-bond donors (Lipinski definition) is 2. The van der Waals surface area contributed by atoms with E-state index < -0.39 is 12.1 Å². The van der Waals surface area contributed by atoms with Crippen LogP contribution in [0, 0.1) is 0 Å². The lowest BCUT2D eigenvalue weighted by Crippen LogP contribution is -2.41. The van der Waals surface area contributed by atoms with E-state index >= 15 is 0 Å². The van der Waals surface area contributed by atoms with E-state index in [4.69, 9.17) is 10.5 Å². The van der Waals surface area contributed by atoms with Crippen molar-refractivity contribution in [3.05, 3.63) is 59.2 Å². The van der Waals surface area contributed by atoms with Crippen molar-refractivity contribution in [2.75, 3.05) is 6.61 Å². The molecule has 1 amide bonds. The molecular weight excluding hydrogens is 376 g/mol. The van der Waals surface area contributed by atoms with Crippen LogP contribution in [-0.2, 0) is 14.3 Å². The van der Waals surface area contributed by atoms with Gasteiger partial charge < -0.3 is 15.8 Å². The highest BCUT2D eigenvalue weighted by molar-refractivity contribution is 5.85. The molecule has 6 heteroatoms. The number of carbonyl (C=O) groups excluding carboxylic acids is 2. The van der Waals surface area contributed by atoms with E-state index in [2.05, 4.69) is 25.2 Å². The summed E-state index contributed by atoms with van der Waals surface area (Å²) in [5.74, 6) is -0.658. The number of nitrogens with two attached hydrogens (primary N) is 1. The number of esters is 1. The maximum Gasteiger partial charge on any atom is 0.308 e. The third-order valence-corrected chi connectivity index (χ3v) is 4.07. The van der Waals surface area contributed by atoms with Crippen molar-refractivity contribution in [2.24, 2.45) is 5.73 Å². The minimum absolute atomic E-state index is 0. The van der Waals surface area contributed by atoms with Gasteiger partial charge in [0.2, 0.25) is 5.91 Å². The Kier molecular flexibility index (Phi) is 12.9. The van der Waals surface area contributed by atoms with Gasteiger partial charge in [0.05, 0.1) is 18.5 Å². The molecule has 2 atom stereocenters. The summed E-state index contributed by atoms with van der Waals surface area (Å²) in [7, 11) is 0. The predicted molar refractivity (Wildman–Crippen MR) is 116 cm³/mol. The molecule has 0 unspecified atom stereocenters. The fourth-order valence-corrected chi connectivity index (χ4v) is 2.43. The van der Waals surface area contributed by atoms with E-state index in [1.807, 2.05) is 43.3 Å². The third kappa shape index (κ3) is 10.9. The minimum atomic E-state index is -0.640. The lowest BCUT2D eigenvalue weighted by molar-refractivity contribution is -0.143. The standard InChI is InChI=1S/C22H32N2O3.ClH/c1-16(2)9-8-10-17(3)13-14-27-21(25)15-20(24-22(26)18(4)23)19-11-6-5-7-12-19;/h5-7,9,11-13,18,20H,8,10,14-15,23H2,1-4H3,(H,24,26);1H/b17-13+;/t18-,20+;/m0./s1. The lowest BCUT2D eigenvalue weighted by Gasteiger charge is -2.19. The van der Waals surface area contributed by atoms with Gasteiger partial charge in [0, 0.05) is 0 Å². The molecule has 1 rings (SSSR count). The predicted octanol–water partition coefficient (Wildman–Crippen LogP) is 4.24. The molecule has 0 heterocycles. The van der Waals surface area contributed by atoms with Crippen LogP contribution in [0.2, 0.25) is 0 Å². The van der Waals surface area contributed by atoms with Crippen molar-refractivity contribution in [3.63, 3.8) is 0 Å². The third-order valence-electron chi connectivity index (χ3n) is 4.07. The van der Waals surface area contributed by atoms with Gasteiger partial charge in [0.25, 0.3) is 0 Å². The van der Waals surface area contributed by atoms with E-state index in [1.165, 1.54) is 11.1 Å². The first-order valence-electron chi connectivity index (χ1n) is 9.35. The molecule has 0 aromatic heterocycles. The van der Waals surface area contributed by atoms with E-state index in [9.17, 15) is 9.59 Å². The molecule has 5 nitrogen and oxygen atoms in total. The van der Waals surface area contributed by atoms with E-state index in [0.29, 0.717) is 0 Å². The van der Waals surface area contributed by atoms with Crippen molar-refractivity contribution < 1.29 is 14.3 Å². The first-order chi connectivity index (χ1) is 12.8. The van der Waals surface area contributed by atoms with Gasteiger partial charge in [-0.1, -0.05) is 47.6 Å². The second-order valence-corrected chi connectivity index (χ2v) is 7.02. The van der Waals surface area contributed by atoms with Gasteiger partial charge in [-0.05, 0) is 52.2 Å². The maximum atomic E-state index is 12.2. The Balaban J connectivity index is 0.00000729. The number of rotatable bonds is 10. The van der Waals surface area contributed by atoms with Crippen LogP contribution in [0.25, 0.3) is 0 Å². The minimum Gasteiger partial charge on any atom is -0.461 e. The second-order valence-electron chi connectivity index (χ2n) is 7.02. The Bertz CT molecular complexity index is 666. The molecule has 0 aliphatic heterocycles. The first-order valence-corrected chi connectivity index (χ1v) is 9.35. The van der Waals surface area contributed by atoms with E-state index in [1.54, 1.807) is 6.92 Å². The second kappa shape index (κ2) is 14.0. The molecule has 0 fully saturated rings. The Morgan fingerprint density at radius 1 is 1.14 bits per heavy atom. The summed E-state index contributed by atoms with van der Waals surface area (Å²) < 4.78 is 5.32. The van der Waals surface area contributed by atoms with Gasteiger partial charge in [-0.15, -0.1) is 12.4 Å². The quantitative estimate of drug-likeness (QED) is 0.448. The molecule has 3 N–H and O–H groups in total. The Morgan fingerprint density at radius 2 is 1.79 bits per heavy atom. The van der Waals surface area contributed by atoms with Gasteiger partial charge in [-0.3, -0.25) is 9.59 Å². The number of amides is 1.